The highest BCUT2D eigenvalue weighted by atomic mass is 16.5. The van der Waals surface area contributed by atoms with Gasteiger partial charge in [-0.15, -0.1) is 0 Å². The molecule has 2 N–H and O–H groups in total. The monoisotopic (exact) mass is 303 g/mol. The van der Waals surface area contributed by atoms with E-state index in [4.69, 9.17) is 9.15 Å². The van der Waals surface area contributed by atoms with Crippen LogP contribution in [0.25, 0.3) is 0 Å². The summed E-state index contributed by atoms with van der Waals surface area (Å²) in [5, 5.41) is 11.9. The molecule has 1 aromatic carbocycles. The minimum atomic E-state index is -0.840. The Kier molecular flexibility index (Phi) is 4.83. The molecule has 116 valence electrons. The summed E-state index contributed by atoms with van der Waals surface area (Å²) in [5.74, 6) is -0.157. The van der Waals surface area contributed by atoms with Crippen LogP contribution in [-0.4, -0.2) is 30.1 Å². The molecule has 0 saturated carbocycles. The molecule has 1 heterocycles. The number of ether oxygens (including phenoxy) is 1. The van der Waals surface area contributed by atoms with Crippen molar-refractivity contribution in [3.8, 4) is 5.75 Å². The molecule has 1 aromatic heterocycles. The highest BCUT2D eigenvalue weighted by molar-refractivity contribution is 5.94. The van der Waals surface area contributed by atoms with Gasteiger partial charge in [-0.3, -0.25) is 4.79 Å². The first-order chi connectivity index (χ1) is 10.5. The van der Waals surface area contributed by atoms with Crippen molar-refractivity contribution in [3.63, 3.8) is 0 Å². The van der Waals surface area contributed by atoms with Gasteiger partial charge in [0.1, 0.15) is 17.6 Å². The summed E-state index contributed by atoms with van der Waals surface area (Å²) in [5.41, 5.74) is 0.782. The Morgan fingerprint density at radius 2 is 1.91 bits per heavy atom. The molecule has 1 unspecified atom stereocenters. The highest BCUT2D eigenvalue weighted by Gasteiger charge is 2.23. The summed E-state index contributed by atoms with van der Waals surface area (Å²) < 4.78 is 9.94. The quantitative estimate of drug-likeness (QED) is 0.822. The van der Waals surface area contributed by atoms with E-state index in [-0.39, 0.29) is 17.9 Å². The summed E-state index contributed by atoms with van der Waals surface area (Å²) in [4.78, 5) is 23.9. The molecule has 0 fully saturated rings. The number of aromatic hydroxyl groups is 1. The van der Waals surface area contributed by atoms with E-state index in [0.29, 0.717) is 5.76 Å². The van der Waals surface area contributed by atoms with E-state index in [1.54, 1.807) is 31.2 Å². The molecule has 0 aliphatic heterocycles. The Balaban J connectivity index is 2.10. The third-order valence-electron chi connectivity index (χ3n) is 3.13. The molecule has 2 aromatic rings. The second-order valence-corrected chi connectivity index (χ2v) is 4.83. The summed E-state index contributed by atoms with van der Waals surface area (Å²) in [6.45, 7) is 1.73. The van der Waals surface area contributed by atoms with Crippen molar-refractivity contribution in [2.75, 3.05) is 7.11 Å². The van der Waals surface area contributed by atoms with Crippen LogP contribution >= 0.6 is 0 Å². The van der Waals surface area contributed by atoms with Crippen LogP contribution in [0.1, 0.15) is 21.9 Å². The van der Waals surface area contributed by atoms with Crippen LogP contribution in [0.15, 0.2) is 40.8 Å². The number of carbonyl (C=O) groups excluding carboxylic acids is 2. The Hall–Kier alpha value is -2.76. The molecule has 0 bridgehead atoms. The van der Waals surface area contributed by atoms with E-state index in [9.17, 15) is 14.7 Å². The van der Waals surface area contributed by atoms with Gasteiger partial charge >= 0.3 is 5.97 Å². The third kappa shape index (κ3) is 3.88. The Labute approximate surface area is 127 Å². The van der Waals surface area contributed by atoms with Gasteiger partial charge in [0.2, 0.25) is 0 Å². The van der Waals surface area contributed by atoms with Crippen LogP contribution in [0.4, 0.5) is 0 Å². The SMILES string of the molecule is COC(=O)C(Cc1ccc(O)cc1)NC(=O)c1ccc(C)o1. The fourth-order valence-electron chi connectivity index (χ4n) is 1.99. The molecule has 6 heteroatoms. The molecular formula is C16H17NO5. The van der Waals surface area contributed by atoms with Crippen molar-refractivity contribution in [2.24, 2.45) is 0 Å². The average molecular weight is 303 g/mol. The second-order valence-electron chi connectivity index (χ2n) is 4.83. The number of hydrogen-bond acceptors (Lipinski definition) is 5. The molecule has 0 saturated heterocycles. The lowest BCUT2D eigenvalue weighted by Crippen LogP contribution is -2.43. The number of benzene rings is 1. The van der Waals surface area contributed by atoms with Crippen molar-refractivity contribution in [1.29, 1.82) is 0 Å². The first-order valence-electron chi connectivity index (χ1n) is 6.72. The number of hydrogen-bond donors (Lipinski definition) is 2. The zero-order chi connectivity index (χ0) is 16.1. The predicted octanol–water partition coefficient (Wildman–Crippen LogP) is 1.81. The van der Waals surface area contributed by atoms with Crippen molar-refractivity contribution in [3.05, 3.63) is 53.5 Å². The van der Waals surface area contributed by atoms with Gasteiger partial charge in [0.15, 0.2) is 5.76 Å². The zero-order valence-corrected chi connectivity index (χ0v) is 12.3. The van der Waals surface area contributed by atoms with Gasteiger partial charge in [-0.05, 0) is 36.8 Å². The maximum atomic E-state index is 12.1. The lowest BCUT2D eigenvalue weighted by molar-refractivity contribution is -0.142. The van der Waals surface area contributed by atoms with E-state index in [1.165, 1.54) is 19.2 Å². The predicted molar refractivity (Wildman–Crippen MR) is 78.5 cm³/mol. The summed E-state index contributed by atoms with van der Waals surface area (Å²) in [6.07, 6.45) is 0.248. The molecule has 1 atom stereocenters. The topological polar surface area (TPSA) is 88.8 Å². The fourth-order valence-corrected chi connectivity index (χ4v) is 1.99. The highest BCUT2D eigenvalue weighted by Crippen LogP contribution is 2.13. The lowest BCUT2D eigenvalue weighted by Gasteiger charge is -2.16. The molecule has 0 aliphatic rings. The summed E-state index contributed by atoms with van der Waals surface area (Å²) >= 11 is 0. The molecule has 6 nitrogen and oxygen atoms in total. The minimum Gasteiger partial charge on any atom is -0.508 e. The molecule has 2 rings (SSSR count). The van der Waals surface area contributed by atoms with Crippen molar-refractivity contribution in [1.82, 2.24) is 5.32 Å². The van der Waals surface area contributed by atoms with Crippen LogP contribution in [0.3, 0.4) is 0 Å². The number of methoxy groups -OCH3 is 1. The van der Waals surface area contributed by atoms with Crippen LogP contribution < -0.4 is 5.32 Å². The molecule has 0 spiro atoms. The molecule has 0 aliphatic carbocycles. The van der Waals surface area contributed by atoms with Crippen molar-refractivity contribution >= 4 is 11.9 Å². The van der Waals surface area contributed by atoms with Gasteiger partial charge in [-0.1, -0.05) is 12.1 Å². The number of furan rings is 1. The van der Waals surface area contributed by atoms with E-state index >= 15 is 0 Å². The van der Waals surface area contributed by atoms with Gasteiger partial charge < -0.3 is 19.6 Å². The number of rotatable bonds is 5. The Bertz CT molecular complexity index is 659. The van der Waals surface area contributed by atoms with E-state index in [2.05, 4.69) is 5.32 Å². The molecule has 22 heavy (non-hydrogen) atoms. The largest absolute Gasteiger partial charge is 0.508 e. The second kappa shape index (κ2) is 6.80. The van der Waals surface area contributed by atoms with E-state index < -0.39 is 17.9 Å². The van der Waals surface area contributed by atoms with Crippen LogP contribution in [0.5, 0.6) is 5.75 Å². The fraction of sp³-hybridized carbons (Fsp3) is 0.250. The number of esters is 1. The van der Waals surface area contributed by atoms with Crippen LogP contribution in [0, 0.1) is 6.92 Å². The van der Waals surface area contributed by atoms with Gasteiger partial charge in [0.05, 0.1) is 7.11 Å². The summed E-state index contributed by atoms with van der Waals surface area (Å²) in [7, 11) is 1.26. The number of nitrogens with one attached hydrogen (secondary N) is 1. The van der Waals surface area contributed by atoms with Gasteiger partial charge in [-0.25, -0.2) is 4.79 Å². The number of aryl methyl sites for hydroxylation is 1. The maximum Gasteiger partial charge on any atom is 0.328 e. The van der Waals surface area contributed by atoms with Gasteiger partial charge in [-0.2, -0.15) is 0 Å². The molecule has 1 amide bonds. The molecule has 0 radical (unpaired) electrons. The Morgan fingerprint density at radius 1 is 1.23 bits per heavy atom. The first kappa shape index (κ1) is 15.6. The standard InChI is InChI=1S/C16H17NO5/c1-10-3-8-14(22-10)15(19)17-13(16(20)21-2)9-11-4-6-12(18)7-5-11/h3-8,13,18H,9H2,1-2H3,(H,17,19). The van der Waals surface area contributed by atoms with Crippen molar-refractivity contribution in [2.45, 2.75) is 19.4 Å². The van der Waals surface area contributed by atoms with Crippen LogP contribution in [-0.2, 0) is 16.0 Å². The van der Waals surface area contributed by atoms with E-state index in [1.807, 2.05) is 0 Å². The first-order valence-corrected chi connectivity index (χ1v) is 6.72. The normalized spacial score (nSPS) is 11.7. The smallest absolute Gasteiger partial charge is 0.328 e. The number of amides is 1. The Morgan fingerprint density at radius 3 is 2.45 bits per heavy atom. The van der Waals surface area contributed by atoms with E-state index in [0.717, 1.165) is 5.56 Å². The minimum absolute atomic E-state index is 0.133. The third-order valence-corrected chi connectivity index (χ3v) is 3.13. The van der Waals surface area contributed by atoms with Crippen molar-refractivity contribution < 1.29 is 23.8 Å². The number of phenolic OH excluding ortho intramolecular Hbond substituents is 1. The lowest BCUT2D eigenvalue weighted by atomic mass is 10.1. The number of carbonyl (C=O) groups is 2. The van der Waals surface area contributed by atoms with Crippen LogP contribution in [0.2, 0.25) is 0 Å². The average Bonchev–Trinajstić information content (AvgIpc) is 2.94. The molecular weight excluding hydrogens is 286 g/mol. The zero-order valence-electron chi connectivity index (χ0n) is 12.3. The van der Waals surface area contributed by atoms with Gasteiger partial charge in [0.25, 0.3) is 5.91 Å². The number of phenols is 1. The maximum absolute atomic E-state index is 12.1. The van der Waals surface area contributed by atoms with Gasteiger partial charge in [0, 0.05) is 6.42 Å². The summed E-state index contributed by atoms with van der Waals surface area (Å²) in [6, 6.07) is 8.75.